The van der Waals surface area contributed by atoms with Crippen molar-refractivity contribution in [3.05, 3.63) is 70.7 Å². The van der Waals surface area contributed by atoms with Crippen LogP contribution in [0, 0.1) is 0 Å². The molecule has 1 saturated heterocycles. The van der Waals surface area contributed by atoms with E-state index in [1.54, 1.807) is 4.90 Å². The van der Waals surface area contributed by atoms with Gasteiger partial charge in [0.05, 0.1) is 6.04 Å². The fourth-order valence-corrected chi connectivity index (χ4v) is 3.00. The first kappa shape index (κ1) is 11.2. The number of piperazine rings is 1. The van der Waals surface area contributed by atoms with Crippen LogP contribution in [0.15, 0.2) is 54.6 Å². The van der Waals surface area contributed by atoms with Gasteiger partial charge in [0.1, 0.15) is 0 Å². The van der Waals surface area contributed by atoms with Gasteiger partial charge in [-0.2, -0.15) is 0 Å². The fraction of sp³-hybridized carbons (Fsp3) is 0.333. The zero-order chi connectivity index (χ0) is 17.2. The highest BCUT2D eigenvalue weighted by molar-refractivity contribution is 6.30. The van der Waals surface area contributed by atoms with Crippen molar-refractivity contribution in [3.63, 3.8) is 0 Å². The third kappa shape index (κ3) is 3.46. The van der Waals surface area contributed by atoms with Crippen LogP contribution in [0.2, 0.25) is 5.02 Å². The van der Waals surface area contributed by atoms with Crippen LogP contribution in [0.25, 0.3) is 0 Å². The third-order valence-corrected chi connectivity index (χ3v) is 4.23. The molecule has 110 valence electrons. The first-order chi connectivity index (χ1) is 11.4. The Morgan fingerprint density at radius 3 is 2.14 bits per heavy atom. The van der Waals surface area contributed by atoms with E-state index in [2.05, 4.69) is 29.2 Å². The summed E-state index contributed by atoms with van der Waals surface area (Å²) in [4.78, 5) is 3.92. The monoisotopic (exact) mass is 303 g/mol. The summed E-state index contributed by atoms with van der Waals surface area (Å²) in [6, 6.07) is 18.4. The van der Waals surface area contributed by atoms with E-state index < -0.39 is 6.98 Å². The van der Waals surface area contributed by atoms with Crippen molar-refractivity contribution < 1.29 is 4.11 Å². The number of hydrogen-bond donors (Lipinski definition) is 0. The van der Waals surface area contributed by atoms with E-state index in [9.17, 15) is 0 Å². The minimum Gasteiger partial charge on any atom is -0.304 e. The Kier molecular flexibility index (Phi) is 3.54. The Morgan fingerprint density at radius 2 is 1.52 bits per heavy atom. The van der Waals surface area contributed by atoms with Crippen molar-refractivity contribution in [3.8, 4) is 0 Å². The standard InChI is InChI=1S/C18H21ClN2/c1-20-11-13-21(14-12-20)18(15-5-3-2-4-6-15)16-7-9-17(19)10-8-16/h2-10,18H,11-14H2,1H3/i1D3. The molecule has 0 amide bonds. The molecule has 1 atom stereocenters. The van der Waals surface area contributed by atoms with Crippen LogP contribution in [0.3, 0.4) is 0 Å². The maximum Gasteiger partial charge on any atom is 0.0602 e. The molecule has 0 spiro atoms. The fourth-order valence-electron chi connectivity index (χ4n) is 2.87. The van der Waals surface area contributed by atoms with Gasteiger partial charge in [0, 0.05) is 35.3 Å². The molecule has 2 aromatic carbocycles. The largest absolute Gasteiger partial charge is 0.304 e. The van der Waals surface area contributed by atoms with E-state index in [-0.39, 0.29) is 6.04 Å². The first-order valence-corrected chi connectivity index (χ1v) is 7.62. The molecular formula is C18H21ClN2. The van der Waals surface area contributed by atoms with E-state index in [1.165, 1.54) is 11.1 Å². The van der Waals surface area contributed by atoms with Gasteiger partial charge in [0.2, 0.25) is 0 Å². The van der Waals surface area contributed by atoms with Crippen molar-refractivity contribution in [2.24, 2.45) is 0 Å². The second kappa shape index (κ2) is 6.61. The van der Waals surface area contributed by atoms with Gasteiger partial charge < -0.3 is 4.90 Å². The van der Waals surface area contributed by atoms with E-state index in [1.807, 2.05) is 30.3 Å². The zero-order valence-electron chi connectivity index (χ0n) is 14.9. The average Bonchev–Trinajstić information content (AvgIpc) is 2.58. The molecule has 0 aliphatic carbocycles. The number of benzene rings is 2. The van der Waals surface area contributed by atoms with Gasteiger partial charge in [-0.3, -0.25) is 4.90 Å². The molecule has 21 heavy (non-hydrogen) atoms. The summed E-state index contributed by atoms with van der Waals surface area (Å²) in [5.41, 5.74) is 2.38. The Bertz CT molecular complexity index is 650. The maximum absolute atomic E-state index is 7.58. The minimum atomic E-state index is -2.01. The smallest absolute Gasteiger partial charge is 0.0602 e. The molecule has 0 saturated carbocycles. The average molecular weight is 304 g/mol. The predicted molar refractivity (Wildman–Crippen MR) is 88.8 cm³/mol. The normalized spacial score (nSPS) is 21.3. The Labute approximate surface area is 136 Å². The van der Waals surface area contributed by atoms with E-state index in [0.29, 0.717) is 13.1 Å². The van der Waals surface area contributed by atoms with Gasteiger partial charge in [-0.25, -0.2) is 0 Å². The highest BCUT2D eigenvalue weighted by atomic mass is 35.5. The third-order valence-electron chi connectivity index (χ3n) is 3.98. The molecule has 3 rings (SSSR count). The van der Waals surface area contributed by atoms with Crippen LogP contribution in [0.4, 0.5) is 0 Å². The molecule has 0 N–H and O–H groups in total. The molecule has 2 nitrogen and oxygen atoms in total. The lowest BCUT2D eigenvalue weighted by atomic mass is 9.96. The molecular weight excluding hydrogens is 280 g/mol. The van der Waals surface area contributed by atoms with Crippen molar-refractivity contribution in [2.45, 2.75) is 6.04 Å². The summed E-state index contributed by atoms with van der Waals surface area (Å²) in [6.45, 7) is 0.538. The van der Waals surface area contributed by atoms with Crippen LogP contribution < -0.4 is 0 Å². The Morgan fingerprint density at radius 1 is 0.905 bits per heavy atom. The molecule has 0 radical (unpaired) electrons. The second-order valence-corrected chi connectivity index (χ2v) is 5.82. The van der Waals surface area contributed by atoms with Crippen molar-refractivity contribution >= 4 is 11.6 Å². The Hall–Kier alpha value is -1.35. The topological polar surface area (TPSA) is 6.48 Å². The summed E-state index contributed by atoms with van der Waals surface area (Å²) in [7, 11) is 0. The highest BCUT2D eigenvalue weighted by Gasteiger charge is 2.25. The van der Waals surface area contributed by atoms with Crippen LogP contribution in [-0.4, -0.2) is 43.0 Å². The first-order valence-electron chi connectivity index (χ1n) is 8.75. The van der Waals surface area contributed by atoms with E-state index >= 15 is 0 Å². The summed E-state index contributed by atoms with van der Waals surface area (Å²) in [5.74, 6) is 0. The van der Waals surface area contributed by atoms with Crippen molar-refractivity contribution in [1.82, 2.24) is 9.80 Å². The van der Waals surface area contributed by atoms with Gasteiger partial charge in [0.15, 0.2) is 0 Å². The molecule has 0 bridgehead atoms. The van der Waals surface area contributed by atoms with Crippen LogP contribution in [-0.2, 0) is 0 Å². The minimum absolute atomic E-state index is 0.113. The van der Waals surface area contributed by atoms with Gasteiger partial charge in [0.25, 0.3) is 0 Å². The van der Waals surface area contributed by atoms with E-state index in [4.69, 9.17) is 15.7 Å². The number of nitrogens with zero attached hydrogens (tertiary/aromatic N) is 2. The number of halogens is 1. The lowest BCUT2D eigenvalue weighted by Crippen LogP contribution is -2.46. The summed E-state index contributed by atoms with van der Waals surface area (Å²) in [6.07, 6.45) is 0. The number of hydrogen-bond acceptors (Lipinski definition) is 2. The van der Waals surface area contributed by atoms with E-state index in [0.717, 1.165) is 18.1 Å². The lowest BCUT2D eigenvalue weighted by Gasteiger charge is -2.38. The zero-order valence-corrected chi connectivity index (χ0v) is 12.6. The van der Waals surface area contributed by atoms with Crippen LogP contribution in [0.1, 0.15) is 21.3 Å². The molecule has 1 aliphatic heterocycles. The van der Waals surface area contributed by atoms with Gasteiger partial charge in [-0.15, -0.1) is 0 Å². The highest BCUT2D eigenvalue weighted by Crippen LogP contribution is 2.30. The quantitative estimate of drug-likeness (QED) is 0.853. The Balaban J connectivity index is 1.85. The van der Waals surface area contributed by atoms with Crippen molar-refractivity contribution in [1.29, 1.82) is 0 Å². The molecule has 3 heteroatoms. The number of rotatable bonds is 3. The molecule has 1 heterocycles. The van der Waals surface area contributed by atoms with Gasteiger partial charge in [-0.05, 0) is 30.2 Å². The van der Waals surface area contributed by atoms with Crippen LogP contribution >= 0.6 is 11.6 Å². The summed E-state index contributed by atoms with van der Waals surface area (Å²) in [5, 5.41) is 0.720. The maximum atomic E-state index is 7.58. The van der Waals surface area contributed by atoms with Gasteiger partial charge in [-0.1, -0.05) is 54.1 Å². The number of likely N-dealkylation sites (N-methyl/N-ethyl adjacent to an activating group) is 1. The summed E-state index contributed by atoms with van der Waals surface area (Å²) >= 11 is 6.03. The molecule has 0 aromatic heterocycles. The molecule has 2 aromatic rings. The second-order valence-electron chi connectivity index (χ2n) is 5.39. The molecule has 1 fully saturated rings. The van der Waals surface area contributed by atoms with Gasteiger partial charge >= 0.3 is 0 Å². The molecule has 1 aliphatic rings. The van der Waals surface area contributed by atoms with Crippen LogP contribution in [0.5, 0.6) is 0 Å². The summed E-state index contributed by atoms with van der Waals surface area (Å²) < 4.78 is 22.7. The predicted octanol–water partition coefficient (Wildman–Crippen LogP) is 3.68. The SMILES string of the molecule is [2H]C([2H])([2H])N1CCN(C(c2ccccc2)c2ccc(Cl)cc2)CC1. The molecule has 1 unspecified atom stereocenters. The lowest BCUT2D eigenvalue weighted by molar-refractivity contribution is 0.127. The van der Waals surface area contributed by atoms with Crippen molar-refractivity contribution in [2.75, 3.05) is 33.2 Å².